The molecule has 1 aromatic rings. The Hall–Kier alpha value is -3.52. The Labute approximate surface area is 202 Å². The molecule has 1 rings (SSSR count). The number of nitrogens with two attached hydrogens (primary N) is 2. The highest BCUT2D eigenvalue weighted by Gasteiger charge is 2.34. The number of hydrogen-bond donors (Lipinski definition) is 8. The second kappa shape index (κ2) is 14.0. The van der Waals surface area contributed by atoms with Crippen LogP contribution in [-0.4, -0.2) is 80.1 Å². The summed E-state index contributed by atoms with van der Waals surface area (Å²) in [5.74, 6) is -4.70. The number of nitrogens with one attached hydrogen (secondary N) is 4. The average molecular weight is 498 g/mol. The molecule has 0 aromatic carbocycles. The van der Waals surface area contributed by atoms with Crippen LogP contribution in [0.25, 0.3) is 0 Å². The third kappa shape index (κ3) is 9.70. The van der Waals surface area contributed by atoms with Gasteiger partial charge in [-0.3, -0.25) is 19.2 Å². The van der Waals surface area contributed by atoms with Gasteiger partial charge in [-0.1, -0.05) is 20.3 Å². The van der Waals surface area contributed by atoms with Gasteiger partial charge in [-0.2, -0.15) is 0 Å². The lowest BCUT2D eigenvalue weighted by molar-refractivity contribution is -0.143. The second-order valence-electron chi connectivity index (χ2n) is 8.39. The van der Waals surface area contributed by atoms with Gasteiger partial charge in [-0.15, -0.1) is 0 Å². The number of primary amides is 1. The van der Waals surface area contributed by atoms with E-state index >= 15 is 0 Å². The van der Waals surface area contributed by atoms with E-state index in [1.807, 2.05) is 0 Å². The van der Waals surface area contributed by atoms with Crippen molar-refractivity contribution in [2.45, 2.75) is 76.7 Å². The number of aliphatic hydroxyl groups excluding tert-OH is 1. The Morgan fingerprint density at radius 3 is 2.14 bits per heavy atom. The van der Waals surface area contributed by atoms with Crippen LogP contribution in [0.15, 0.2) is 12.5 Å². The lowest BCUT2D eigenvalue weighted by Gasteiger charge is -2.28. The fraction of sp³-hybridized carbons (Fsp3) is 0.619. The number of aromatic amines is 1. The smallest absolute Gasteiger partial charge is 0.326 e. The van der Waals surface area contributed by atoms with Crippen molar-refractivity contribution < 1.29 is 34.2 Å². The predicted octanol–water partition coefficient (Wildman–Crippen LogP) is -2.49. The summed E-state index contributed by atoms with van der Waals surface area (Å²) in [5.41, 5.74) is 11.3. The van der Waals surface area contributed by atoms with Crippen LogP contribution in [0.5, 0.6) is 0 Å². The van der Waals surface area contributed by atoms with E-state index in [9.17, 15) is 34.2 Å². The van der Waals surface area contributed by atoms with E-state index in [-0.39, 0.29) is 25.2 Å². The minimum Gasteiger partial charge on any atom is -0.480 e. The molecule has 4 amide bonds. The molecule has 0 spiro atoms. The quantitative estimate of drug-likeness (QED) is 0.128. The van der Waals surface area contributed by atoms with Gasteiger partial charge in [0.05, 0.1) is 18.5 Å². The van der Waals surface area contributed by atoms with E-state index in [0.717, 1.165) is 0 Å². The monoisotopic (exact) mass is 497 g/mol. The van der Waals surface area contributed by atoms with E-state index < -0.39 is 59.9 Å². The fourth-order valence-corrected chi connectivity index (χ4v) is 3.12. The molecule has 35 heavy (non-hydrogen) atoms. The average Bonchev–Trinajstić information content (AvgIpc) is 3.30. The number of aliphatic hydroxyl groups is 1. The Bertz CT molecular complexity index is 875. The number of H-pyrrole nitrogens is 1. The van der Waals surface area contributed by atoms with Crippen molar-refractivity contribution >= 4 is 29.6 Å². The van der Waals surface area contributed by atoms with Gasteiger partial charge in [0.2, 0.25) is 23.6 Å². The molecule has 14 nitrogen and oxygen atoms in total. The minimum atomic E-state index is -1.50. The zero-order valence-corrected chi connectivity index (χ0v) is 20.0. The summed E-state index contributed by atoms with van der Waals surface area (Å²) in [7, 11) is 0. The molecule has 0 saturated carbocycles. The molecule has 0 fully saturated rings. The summed E-state index contributed by atoms with van der Waals surface area (Å²) in [6.45, 7) is 4.74. The highest BCUT2D eigenvalue weighted by atomic mass is 16.4. The van der Waals surface area contributed by atoms with Crippen LogP contribution >= 0.6 is 0 Å². The third-order valence-corrected chi connectivity index (χ3v) is 5.49. The number of amides is 4. The second-order valence-corrected chi connectivity index (χ2v) is 8.39. The van der Waals surface area contributed by atoms with Crippen molar-refractivity contribution in [3.8, 4) is 0 Å². The number of imidazole rings is 1. The van der Waals surface area contributed by atoms with E-state index in [0.29, 0.717) is 12.1 Å². The largest absolute Gasteiger partial charge is 0.480 e. The van der Waals surface area contributed by atoms with Crippen molar-refractivity contribution in [3.05, 3.63) is 18.2 Å². The number of aromatic nitrogens is 2. The molecule has 0 aliphatic heterocycles. The molecule has 196 valence electrons. The van der Waals surface area contributed by atoms with Crippen LogP contribution in [0, 0.1) is 5.92 Å². The van der Waals surface area contributed by atoms with Crippen LogP contribution in [0.4, 0.5) is 0 Å². The van der Waals surface area contributed by atoms with Gasteiger partial charge < -0.3 is 42.6 Å². The van der Waals surface area contributed by atoms with Gasteiger partial charge in [0, 0.05) is 24.7 Å². The number of hydrogen-bond acceptors (Lipinski definition) is 8. The molecular weight excluding hydrogens is 462 g/mol. The molecule has 14 heteroatoms. The first-order chi connectivity index (χ1) is 16.4. The number of carbonyl (C=O) groups is 5. The number of rotatable bonds is 15. The maximum atomic E-state index is 13.0. The molecule has 0 aliphatic rings. The summed E-state index contributed by atoms with van der Waals surface area (Å²) in [5, 5.41) is 26.8. The molecule has 0 radical (unpaired) electrons. The molecule has 10 N–H and O–H groups in total. The molecule has 0 saturated heterocycles. The highest BCUT2D eigenvalue weighted by molar-refractivity contribution is 5.94. The summed E-state index contributed by atoms with van der Waals surface area (Å²) < 4.78 is 0. The number of aliphatic carboxylic acids is 1. The molecule has 1 aromatic heterocycles. The van der Waals surface area contributed by atoms with Crippen LogP contribution in [0.2, 0.25) is 0 Å². The molecule has 6 atom stereocenters. The van der Waals surface area contributed by atoms with E-state index in [1.165, 1.54) is 19.4 Å². The zero-order valence-electron chi connectivity index (χ0n) is 20.0. The predicted molar refractivity (Wildman–Crippen MR) is 123 cm³/mol. The van der Waals surface area contributed by atoms with Crippen molar-refractivity contribution in [2.75, 3.05) is 0 Å². The topological polar surface area (TPSA) is 243 Å². The minimum absolute atomic E-state index is 0.0123. The molecule has 1 heterocycles. The number of carboxylic acids is 1. The lowest BCUT2D eigenvalue weighted by atomic mass is 9.96. The molecule has 0 aliphatic carbocycles. The summed E-state index contributed by atoms with van der Waals surface area (Å²) in [6, 6.07) is -5.05. The van der Waals surface area contributed by atoms with Crippen LogP contribution in [0.3, 0.4) is 0 Å². The van der Waals surface area contributed by atoms with Crippen LogP contribution in [0.1, 0.15) is 45.7 Å². The molecular formula is C21H35N7O7. The lowest BCUT2D eigenvalue weighted by Crippen LogP contribution is -2.61. The fourth-order valence-electron chi connectivity index (χ4n) is 3.12. The van der Waals surface area contributed by atoms with E-state index in [1.54, 1.807) is 13.8 Å². The number of carboxylic acid groups (broad SMARTS) is 1. The van der Waals surface area contributed by atoms with Crippen molar-refractivity contribution in [1.82, 2.24) is 25.9 Å². The summed E-state index contributed by atoms with van der Waals surface area (Å²) >= 11 is 0. The van der Waals surface area contributed by atoms with Crippen molar-refractivity contribution in [2.24, 2.45) is 17.4 Å². The number of nitrogens with zero attached hydrogens (tertiary/aromatic N) is 1. The van der Waals surface area contributed by atoms with Crippen molar-refractivity contribution in [1.29, 1.82) is 0 Å². The normalized spacial score (nSPS) is 16.1. The van der Waals surface area contributed by atoms with Gasteiger partial charge in [-0.25, -0.2) is 9.78 Å². The molecule has 6 unspecified atom stereocenters. The Morgan fingerprint density at radius 1 is 1.06 bits per heavy atom. The maximum Gasteiger partial charge on any atom is 0.326 e. The summed E-state index contributed by atoms with van der Waals surface area (Å²) in [4.78, 5) is 67.3. The van der Waals surface area contributed by atoms with Gasteiger partial charge in [0.25, 0.3) is 0 Å². The first-order valence-corrected chi connectivity index (χ1v) is 11.2. The van der Waals surface area contributed by atoms with Gasteiger partial charge >= 0.3 is 5.97 Å². The van der Waals surface area contributed by atoms with Crippen LogP contribution in [-0.2, 0) is 30.4 Å². The zero-order chi connectivity index (χ0) is 26.7. The maximum absolute atomic E-state index is 13.0. The Kier molecular flexibility index (Phi) is 11.8. The highest BCUT2D eigenvalue weighted by Crippen LogP contribution is 2.10. The Morgan fingerprint density at radius 2 is 1.66 bits per heavy atom. The first-order valence-electron chi connectivity index (χ1n) is 11.2. The summed E-state index contributed by atoms with van der Waals surface area (Å²) in [6.07, 6.45) is 1.64. The first kappa shape index (κ1) is 29.5. The Balaban J connectivity index is 2.94. The SMILES string of the molecule is CCC(C)C(NC(=O)C(N)CCC(N)=O)C(=O)NC(C(=O)NC(Cc1cnc[nH]1)C(=O)O)C(C)O. The number of carbonyl (C=O) groups excluding carboxylic acids is 4. The van der Waals surface area contributed by atoms with E-state index in [2.05, 4.69) is 25.9 Å². The van der Waals surface area contributed by atoms with Gasteiger partial charge in [-0.05, 0) is 19.3 Å². The standard InChI is InChI=1S/C21H35N7O7/c1-4-10(2)16(27-18(31)13(22)5-6-15(23)30)19(32)28-17(11(3)29)20(33)26-14(21(34)35)7-12-8-24-9-25-12/h8-11,13-14,16-17,29H,4-7,22H2,1-3H3,(H2,23,30)(H,24,25)(H,26,33)(H,27,31)(H,28,32)(H,34,35). The van der Waals surface area contributed by atoms with Gasteiger partial charge in [0.15, 0.2) is 0 Å². The van der Waals surface area contributed by atoms with E-state index in [4.69, 9.17) is 11.5 Å². The van der Waals surface area contributed by atoms with Crippen molar-refractivity contribution in [3.63, 3.8) is 0 Å². The van der Waals surface area contributed by atoms with Crippen LogP contribution < -0.4 is 27.4 Å². The third-order valence-electron chi connectivity index (χ3n) is 5.49. The molecule has 0 bridgehead atoms. The van der Waals surface area contributed by atoms with Gasteiger partial charge in [0.1, 0.15) is 18.1 Å².